The topological polar surface area (TPSA) is 81.7 Å². The van der Waals surface area contributed by atoms with Gasteiger partial charge in [-0.25, -0.2) is 4.98 Å². The van der Waals surface area contributed by atoms with E-state index in [4.69, 9.17) is 19.2 Å². The van der Waals surface area contributed by atoms with Crippen molar-refractivity contribution in [3.63, 3.8) is 0 Å². The number of nitrogens with one attached hydrogen (secondary N) is 2. The molecule has 2 aromatic carbocycles. The fourth-order valence-corrected chi connectivity index (χ4v) is 3.25. The predicted octanol–water partition coefficient (Wildman–Crippen LogP) is 4.81. The molecule has 2 N–H and O–H groups in total. The van der Waals surface area contributed by atoms with E-state index in [0.29, 0.717) is 28.7 Å². The van der Waals surface area contributed by atoms with Gasteiger partial charge in [0.1, 0.15) is 17.3 Å². The van der Waals surface area contributed by atoms with Gasteiger partial charge in [0.15, 0.2) is 6.79 Å². The van der Waals surface area contributed by atoms with Gasteiger partial charge in [-0.05, 0) is 67.3 Å². The van der Waals surface area contributed by atoms with Crippen molar-refractivity contribution >= 4 is 17.4 Å². The summed E-state index contributed by atoms with van der Waals surface area (Å²) in [5.74, 6) is 2.40. The largest absolute Gasteiger partial charge is 0.497 e. The lowest BCUT2D eigenvalue weighted by atomic mass is 10.1. The quantitative estimate of drug-likeness (QED) is 0.447. The monoisotopic (exact) mass is 433 g/mol. The van der Waals surface area contributed by atoms with Gasteiger partial charge in [-0.2, -0.15) is 0 Å². The molecule has 1 amide bonds. The van der Waals surface area contributed by atoms with Crippen LogP contribution in [0, 0.1) is 5.92 Å². The molecule has 166 valence electrons. The van der Waals surface area contributed by atoms with E-state index in [9.17, 15) is 4.79 Å². The lowest BCUT2D eigenvalue weighted by Gasteiger charge is -2.14. The number of rotatable bonds is 10. The first-order chi connectivity index (χ1) is 15.7. The van der Waals surface area contributed by atoms with Crippen molar-refractivity contribution in [2.45, 2.75) is 12.8 Å². The predicted molar refractivity (Wildman–Crippen MR) is 124 cm³/mol. The first-order valence-corrected chi connectivity index (χ1v) is 10.6. The van der Waals surface area contributed by atoms with Crippen LogP contribution in [0.2, 0.25) is 0 Å². The van der Waals surface area contributed by atoms with Gasteiger partial charge in [0, 0.05) is 31.0 Å². The lowest BCUT2D eigenvalue weighted by molar-refractivity contribution is 0.0511. The Kier molecular flexibility index (Phi) is 6.87. The molecule has 0 saturated heterocycles. The van der Waals surface area contributed by atoms with Gasteiger partial charge < -0.3 is 24.8 Å². The van der Waals surface area contributed by atoms with E-state index in [1.165, 1.54) is 12.8 Å². The normalized spacial score (nSPS) is 12.8. The van der Waals surface area contributed by atoms with Gasteiger partial charge in [-0.3, -0.25) is 4.79 Å². The number of amides is 1. The number of nitrogens with zero attached hydrogens (tertiary/aromatic N) is 1. The molecule has 1 heterocycles. The van der Waals surface area contributed by atoms with E-state index < -0.39 is 0 Å². The molecule has 0 spiro atoms. The molecule has 1 aromatic heterocycles. The summed E-state index contributed by atoms with van der Waals surface area (Å²) in [6, 6.07) is 18.6. The van der Waals surface area contributed by atoms with Crippen LogP contribution in [-0.4, -0.2) is 38.4 Å². The van der Waals surface area contributed by atoms with Gasteiger partial charge >= 0.3 is 0 Å². The van der Waals surface area contributed by atoms with E-state index in [1.807, 2.05) is 54.6 Å². The number of aromatic nitrogens is 1. The van der Waals surface area contributed by atoms with Crippen molar-refractivity contribution in [3.8, 4) is 22.8 Å². The maximum atomic E-state index is 13.0. The van der Waals surface area contributed by atoms with Crippen LogP contribution in [0.15, 0.2) is 60.7 Å². The maximum absolute atomic E-state index is 13.0. The molecular formula is C25H27N3O4. The Balaban J connectivity index is 1.56. The minimum absolute atomic E-state index is 0.198. The molecule has 4 rings (SSSR count). The minimum atomic E-state index is -0.223. The molecule has 0 aliphatic heterocycles. The van der Waals surface area contributed by atoms with Crippen LogP contribution in [0.4, 0.5) is 11.5 Å². The molecule has 3 aromatic rings. The molecule has 1 aliphatic rings. The van der Waals surface area contributed by atoms with Crippen molar-refractivity contribution in [2.75, 3.05) is 38.2 Å². The van der Waals surface area contributed by atoms with Crippen LogP contribution in [-0.2, 0) is 4.74 Å². The smallest absolute Gasteiger partial charge is 0.259 e. The number of ether oxygens (including phenoxy) is 3. The molecule has 0 bridgehead atoms. The Morgan fingerprint density at radius 1 is 1.03 bits per heavy atom. The summed E-state index contributed by atoms with van der Waals surface area (Å²) in [5.41, 5.74) is 2.87. The fraction of sp³-hybridized carbons (Fsp3) is 0.280. The Morgan fingerprint density at radius 3 is 2.56 bits per heavy atom. The van der Waals surface area contributed by atoms with Crippen LogP contribution < -0.4 is 20.1 Å². The summed E-state index contributed by atoms with van der Waals surface area (Å²) < 4.78 is 15.6. The van der Waals surface area contributed by atoms with Crippen LogP contribution in [0.1, 0.15) is 23.2 Å². The number of benzene rings is 2. The molecule has 0 radical (unpaired) electrons. The van der Waals surface area contributed by atoms with Gasteiger partial charge in [-0.1, -0.05) is 6.07 Å². The Hall–Kier alpha value is -3.58. The third-order valence-corrected chi connectivity index (χ3v) is 5.22. The number of hydrogen-bond acceptors (Lipinski definition) is 6. The van der Waals surface area contributed by atoms with Gasteiger partial charge in [-0.15, -0.1) is 0 Å². The first kappa shape index (κ1) is 21.6. The molecule has 1 aliphatic carbocycles. The molecular weight excluding hydrogens is 406 g/mol. The van der Waals surface area contributed by atoms with Gasteiger partial charge in [0.25, 0.3) is 5.91 Å². The zero-order chi connectivity index (χ0) is 22.3. The highest BCUT2D eigenvalue weighted by Gasteiger charge is 2.22. The highest BCUT2D eigenvalue weighted by atomic mass is 16.7. The number of carbonyl (C=O) groups excluding carboxylic acids is 1. The van der Waals surface area contributed by atoms with Crippen LogP contribution in [0.25, 0.3) is 11.3 Å². The summed E-state index contributed by atoms with van der Waals surface area (Å²) in [6.07, 6.45) is 2.42. The van der Waals surface area contributed by atoms with Gasteiger partial charge in [0.2, 0.25) is 0 Å². The second-order valence-corrected chi connectivity index (χ2v) is 7.68. The fourth-order valence-electron chi connectivity index (χ4n) is 3.25. The van der Waals surface area contributed by atoms with E-state index in [0.717, 1.165) is 23.6 Å². The molecule has 7 heteroatoms. The van der Waals surface area contributed by atoms with E-state index in [1.54, 1.807) is 20.3 Å². The van der Waals surface area contributed by atoms with Crippen LogP contribution in [0.5, 0.6) is 11.5 Å². The summed E-state index contributed by atoms with van der Waals surface area (Å²) in [5, 5.41) is 6.31. The molecule has 0 atom stereocenters. The van der Waals surface area contributed by atoms with Crippen molar-refractivity contribution in [1.82, 2.24) is 4.98 Å². The number of hydrogen-bond donors (Lipinski definition) is 2. The second kappa shape index (κ2) is 10.2. The summed E-state index contributed by atoms with van der Waals surface area (Å²) >= 11 is 0. The van der Waals surface area contributed by atoms with Crippen molar-refractivity contribution < 1.29 is 19.0 Å². The number of carbonyl (C=O) groups is 1. The average Bonchev–Trinajstić information content (AvgIpc) is 3.66. The third-order valence-electron chi connectivity index (χ3n) is 5.22. The van der Waals surface area contributed by atoms with Crippen molar-refractivity contribution in [2.24, 2.45) is 5.92 Å². The Morgan fingerprint density at radius 2 is 1.84 bits per heavy atom. The molecule has 1 saturated carbocycles. The molecule has 32 heavy (non-hydrogen) atoms. The number of pyridine rings is 1. The maximum Gasteiger partial charge on any atom is 0.259 e. The third kappa shape index (κ3) is 5.56. The average molecular weight is 434 g/mol. The van der Waals surface area contributed by atoms with Crippen LogP contribution in [0.3, 0.4) is 0 Å². The second-order valence-electron chi connectivity index (χ2n) is 7.68. The standard InChI is InChI=1S/C25H27N3O4/c1-30-16-32-20-10-8-18(9-11-20)23-13-12-22(24(28-23)26-15-17-6-7-17)25(29)27-19-4-3-5-21(14-19)31-2/h3-5,8-14,17H,6-7,15-16H2,1-2H3,(H,26,28)(H,27,29). The van der Waals surface area contributed by atoms with E-state index >= 15 is 0 Å². The highest BCUT2D eigenvalue weighted by Crippen LogP contribution is 2.30. The first-order valence-electron chi connectivity index (χ1n) is 10.6. The van der Waals surface area contributed by atoms with E-state index in [-0.39, 0.29) is 12.7 Å². The van der Waals surface area contributed by atoms with Crippen molar-refractivity contribution in [1.29, 1.82) is 0 Å². The Labute approximate surface area is 187 Å². The summed E-state index contributed by atoms with van der Waals surface area (Å²) in [4.78, 5) is 17.8. The van der Waals surface area contributed by atoms with Crippen LogP contribution >= 0.6 is 0 Å². The summed E-state index contributed by atoms with van der Waals surface area (Å²) in [7, 11) is 3.18. The zero-order valence-electron chi connectivity index (χ0n) is 18.3. The van der Waals surface area contributed by atoms with Gasteiger partial charge in [0.05, 0.1) is 18.4 Å². The highest BCUT2D eigenvalue weighted by molar-refractivity contribution is 6.07. The van der Waals surface area contributed by atoms with Crippen molar-refractivity contribution in [3.05, 3.63) is 66.2 Å². The summed E-state index contributed by atoms with van der Waals surface area (Å²) in [6.45, 7) is 1.00. The minimum Gasteiger partial charge on any atom is -0.497 e. The van der Waals surface area contributed by atoms with E-state index in [2.05, 4.69) is 10.6 Å². The Bertz CT molecular complexity index is 1070. The zero-order valence-corrected chi connectivity index (χ0v) is 18.3. The molecule has 7 nitrogen and oxygen atoms in total. The lowest BCUT2D eigenvalue weighted by Crippen LogP contribution is -2.17. The molecule has 0 unspecified atom stereocenters. The SMILES string of the molecule is COCOc1ccc(-c2ccc(C(=O)Nc3cccc(OC)c3)c(NCC3CC3)n2)cc1. The number of methoxy groups -OCH3 is 2. The molecule has 1 fully saturated rings. The number of anilines is 2.